The fourth-order valence-electron chi connectivity index (χ4n) is 1.11. The molecule has 0 atom stereocenters. The van der Waals surface area contributed by atoms with E-state index in [9.17, 15) is 13.6 Å². The lowest BCUT2D eigenvalue weighted by Gasteiger charge is -2.18. The SMILES string of the molecule is O=C(CBr)NCC(F)(F)c1ccccc1Cl. The minimum absolute atomic E-state index is 0.00833. The Hall–Kier alpha value is -0.680. The monoisotopic (exact) mass is 311 g/mol. The van der Waals surface area contributed by atoms with Gasteiger partial charge in [0.05, 0.1) is 11.9 Å². The van der Waals surface area contributed by atoms with Crippen molar-refractivity contribution in [3.8, 4) is 0 Å². The number of alkyl halides is 3. The molecule has 0 aliphatic heterocycles. The first kappa shape index (κ1) is 13.4. The van der Waals surface area contributed by atoms with E-state index in [-0.39, 0.29) is 15.9 Å². The van der Waals surface area contributed by atoms with Crippen molar-refractivity contribution in [1.29, 1.82) is 0 Å². The number of benzene rings is 1. The molecule has 6 heteroatoms. The normalized spacial score (nSPS) is 11.2. The average Bonchev–Trinajstić information content (AvgIpc) is 2.26. The van der Waals surface area contributed by atoms with Crippen LogP contribution < -0.4 is 5.32 Å². The summed E-state index contributed by atoms with van der Waals surface area (Å²) in [6, 6.07) is 5.67. The molecule has 0 saturated heterocycles. The van der Waals surface area contributed by atoms with Crippen LogP contribution in [0, 0.1) is 0 Å². The average molecular weight is 313 g/mol. The van der Waals surface area contributed by atoms with Crippen LogP contribution in [0.25, 0.3) is 0 Å². The van der Waals surface area contributed by atoms with Gasteiger partial charge in [0.25, 0.3) is 5.92 Å². The maximum atomic E-state index is 13.6. The van der Waals surface area contributed by atoms with Crippen molar-refractivity contribution in [1.82, 2.24) is 5.32 Å². The van der Waals surface area contributed by atoms with Crippen LogP contribution >= 0.6 is 27.5 Å². The highest BCUT2D eigenvalue weighted by molar-refractivity contribution is 9.09. The van der Waals surface area contributed by atoms with E-state index >= 15 is 0 Å². The molecule has 0 aliphatic carbocycles. The summed E-state index contributed by atoms with van der Waals surface area (Å²) >= 11 is 8.53. The third-order valence-electron chi connectivity index (χ3n) is 1.90. The minimum Gasteiger partial charge on any atom is -0.349 e. The zero-order valence-electron chi connectivity index (χ0n) is 8.14. The predicted octanol–water partition coefficient (Wildman–Crippen LogP) is 2.94. The van der Waals surface area contributed by atoms with Crippen molar-refractivity contribution in [2.24, 2.45) is 0 Å². The van der Waals surface area contributed by atoms with E-state index in [2.05, 4.69) is 21.2 Å². The lowest BCUT2D eigenvalue weighted by molar-refractivity contribution is -0.120. The van der Waals surface area contributed by atoms with Crippen molar-refractivity contribution in [3.63, 3.8) is 0 Å². The van der Waals surface area contributed by atoms with E-state index in [1.165, 1.54) is 18.2 Å². The van der Waals surface area contributed by atoms with Crippen molar-refractivity contribution >= 4 is 33.4 Å². The Labute approximate surface area is 105 Å². The van der Waals surface area contributed by atoms with Gasteiger partial charge >= 0.3 is 0 Å². The molecule has 0 fully saturated rings. The van der Waals surface area contributed by atoms with Crippen molar-refractivity contribution < 1.29 is 13.6 Å². The molecule has 0 saturated carbocycles. The summed E-state index contributed by atoms with van der Waals surface area (Å²) in [6.07, 6.45) is 0. The molecule has 0 radical (unpaired) electrons. The lowest BCUT2D eigenvalue weighted by Crippen LogP contribution is -2.35. The summed E-state index contributed by atoms with van der Waals surface area (Å²) < 4.78 is 27.2. The number of hydrogen-bond donors (Lipinski definition) is 1. The first-order valence-corrected chi connectivity index (χ1v) is 5.93. The van der Waals surface area contributed by atoms with Gasteiger partial charge in [-0.25, -0.2) is 0 Å². The molecule has 2 nitrogen and oxygen atoms in total. The van der Waals surface area contributed by atoms with Crippen LogP contribution in [0.1, 0.15) is 5.56 Å². The van der Waals surface area contributed by atoms with Gasteiger partial charge in [-0.3, -0.25) is 4.79 Å². The molecule has 0 aliphatic rings. The summed E-state index contributed by atoms with van der Waals surface area (Å²) in [5, 5.41) is 2.08. The first-order valence-electron chi connectivity index (χ1n) is 4.43. The second-order valence-electron chi connectivity index (χ2n) is 3.09. The molecule has 1 amide bonds. The summed E-state index contributed by atoms with van der Waals surface area (Å²) in [6.45, 7) is -0.763. The van der Waals surface area contributed by atoms with E-state index in [1.54, 1.807) is 6.07 Å². The molecule has 0 aromatic heterocycles. The Morgan fingerprint density at radius 2 is 2.06 bits per heavy atom. The maximum Gasteiger partial charge on any atom is 0.291 e. The summed E-state index contributed by atoms with van der Waals surface area (Å²) in [5.74, 6) is -3.66. The van der Waals surface area contributed by atoms with Gasteiger partial charge in [-0.15, -0.1) is 0 Å². The third kappa shape index (κ3) is 3.42. The standard InChI is InChI=1S/C10H9BrClF2NO/c11-5-9(16)15-6-10(13,14)7-3-1-2-4-8(7)12/h1-4H,5-6H2,(H,15,16). The van der Waals surface area contributed by atoms with Gasteiger partial charge in [0, 0.05) is 10.6 Å². The highest BCUT2D eigenvalue weighted by Gasteiger charge is 2.33. The number of halogens is 4. The fraction of sp³-hybridized carbons (Fsp3) is 0.300. The van der Waals surface area contributed by atoms with E-state index < -0.39 is 18.4 Å². The highest BCUT2D eigenvalue weighted by Crippen LogP contribution is 2.32. The van der Waals surface area contributed by atoms with Crippen molar-refractivity contribution in [3.05, 3.63) is 34.9 Å². The Balaban J connectivity index is 2.77. The zero-order chi connectivity index (χ0) is 12.2. The number of carbonyl (C=O) groups excluding carboxylic acids is 1. The Kier molecular flexibility index (Phi) is 4.68. The summed E-state index contributed by atoms with van der Waals surface area (Å²) in [5.41, 5.74) is -0.286. The predicted molar refractivity (Wildman–Crippen MR) is 62.1 cm³/mol. The molecule has 88 valence electrons. The van der Waals surface area contributed by atoms with Crippen molar-refractivity contribution in [2.45, 2.75) is 5.92 Å². The maximum absolute atomic E-state index is 13.6. The number of nitrogens with one attached hydrogen (secondary N) is 1. The molecular weight excluding hydrogens is 303 g/mol. The Bertz CT molecular complexity index is 387. The van der Waals surface area contributed by atoms with Crippen LogP contribution in [0.5, 0.6) is 0 Å². The first-order chi connectivity index (χ1) is 7.47. The zero-order valence-corrected chi connectivity index (χ0v) is 10.5. The van der Waals surface area contributed by atoms with Gasteiger partial charge in [-0.1, -0.05) is 45.7 Å². The van der Waals surface area contributed by atoms with Gasteiger partial charge < -0.3 is 5.32 Å². The van der Waals surface area contributed by atoms with E-state index in [0.29, 0.717) is 0 Å². The molecule has 16 heavy (non-hydrogen) atoms. The van der Waals surface area contributed by atoms with Gasteiger partial charge in [-0.05, 0) is 6.07 Å². The minimum atomic E-state index is -3.17. The number of carbonyl (C=O) groups is 1. The smallest absolute Gasteiger partial charge is 0.291 e. The van der Waals surface area contributed by atoms with Gasteiger partial charge in [0.1, 0.15) is 0 Å². The Morgan fingerprint density at radius 3 is 2.62 bits per heavy atom. The molecule has 1 aromatic carbocycles. The quantitative estimate of drug-likeness (QED) is 0.851. The molecule has 0 heterocycles. The Morgan fingerprint density at radius 1 is 1.44 bits per heavy atom. The summed E-state index contributed by atoms with van der Waals surface area (Å²) in [4.78, 5) is 10.9. The van der Waals surface area contributed by atoms with Crippen LogP contribution in [0.4, 0.5) is 8.78 Å². The third-order valence-corrected chi connectivity index (χ3v) is 2.74. The fourth-order valence-corrected chi connectivity index (χ4v) is 1.58. The second kappa shape index (κ2) is 5.59. The molecule has 0 spiro atoms. The van der Waals surface area contributed by atoms with Crippen LogP contribution in [-0.4, -0.2) is 17.8 Å². The molecule has 1 aromatic rings. The van der Waals surface area contributed by atoms with E-state index in [0.717, 1.165) is 0 Å². The van der Waals surface area contributed by atoms with Crippen LogP contribution in [0.15, 0.2) is 24.3 Å². The van der Waals surface area contributed by atoms with E-state index in [4.69, 9.17) is 11.6 Å². The lowest BCUT2D eigenvalue weighted by atomic mass is 10.1. The topological polar surface area (TPSA) is 29.1 Å². The van der Waals surface area contributed by atoms with Crippen molar-refractivity contribution in [2.75, 3.05) is 11.9 Å². The van der Waals surface area contributed by atoms with Crippen LogP contribution in [-0.2, 0) is 10.7 Å². The molecule has 1 N–H and O–H groups in total. The van der Waals surface area contributed by atoms with E-state index in [1.807, 2.05) is 0 Å². The second-order valence-corrected chi connectivity index (χ2v) is 4.06. The molecular formula is C10H9BrClF2NO. The number of rotatable bonds is 4. The highest BCUT2D eigenvalue weighted by atomic mass is 79.9. The van der Waals surface area contributed by atoms with Gasteiger partial charge in [0.15, 0.2) is 0 Å². The molecule has 0 unspecified atom stereocenters. The molecule has 0 bridgehead atoms. The molecule has 1 rings (SSSR count). The number of amides is 1. The van der Waals surface area contributed by atoms with Gasteiger partial charge in [-0.2, -0.15) is 8.78 Å². The van der Waals surface area contributed by atoms with Crippen LogP contribution in [0.3, 0.4) is 0 Å². The van der Waals surface area contributed by atoms with Crippen LogP contribution in [0.2, 0.25) is 5.02 Å². The van der Waals surface area contributed by atoms with Gasteiger partial charge in [0.2, 0.25) is 5.91 Å². The summed E-state index contributed by atoms with van der Waals surface area (Å²) in [7, 11) is 0. The largest absolute Gasteiger partial charge is 0.349 e. The number of hydrogen-bond acceptors (Lipinski definition) is 1.